The maximum absolute atomic E-state index is 12.5. The van der Waals surface area contributed by atoms with Crippen LogP contribution in [0.25, 0.3) is 0 Å². The number of hydrogen-bond donors (Lipinski definition) is 2. The molecule has 0 aliphatic carbocycles. The molecule has 0 spiro atoms. The molecule has 2 amide bonds. The molecule has 0 unspecified atom stereocenters. The predicted molar refractivity (Wildman–Crippen MR) is 81.4 cm³/mol. The first-order valence-corrected chi connectivity index (χ1v) is 7.97. The Morgan fingerprint density at radius 1 is 1.48 bits per heavy atom. The van der Waals surface area contributed by atoms with Gasteiger partial charge >= 0.3 is 6.18 Å². The van der Waals surface area contributed by atoms with E-state index in [4.69, 9.17) is 5.73 Å². The molecule has 1 saturated heterocycles. The molecule has 1 aliphatic heterocycles. The quantitative estimate of drug-likeness (QED) is 0.876. The lowest BCUT2D eigenvalue weighted by atomic mass is 9.97. The molecule has 5 nitrogen and oxygen atoms in total. The van der Waals surface area contributed by atoms with Gasteiger partial charge < -0.3 is 11.1 Å². The number of aryl methyl sites for hydroxylation is 1. The highest BCUT2D eigenvalue weighted by Crippen LogP contribution is 2.29. The second-order valence-electron chi connectivity index (χ2n) is 5.64. The lowest BCUT2D eigenvalue weighted by Gasteiger charge is -2.32. The molecule has 9 heteroatoms. The highest BCUT2D eigenvalue weighted by molar-refractivity contribution is 7.16. The van der Waals surface area contributed by atoms with Crippen LogP contribution in [-0.4, -0.2) is 42.5 Å². The van der Waals surface area contributed by atoms with Crippen molar-refractivity contribution >= 4 is 28.2 Å². The molecule has 2 rings (SSSR count). The van der Waals surface area contributed by atoms with Crippen LogP contribution >= 0.6 is 11.3 Å². The van der Waals surface area contributed by atoms with Crippen molar-refractivity contribution in [1.82, 2.24) is 4.90 Å². The van der Waals surface area contributed by atoms with Crippen molar-refractivity contribution in [3.05, 3.63) is 16.5 Å². The first kappa shape index (κ1) is 17.7. The molecule has 1 atom stereocenters. The van der Waals surface area contributed by atoms with Crippen LogP contribution in [0.3, 0.4) is 0 Å². The average Bonchev–Trinajstić information content (AvgIpc) is 2.78. The van der Waals surface area contributed by atoms with Gasteiger partial charge in [0, 0.05) is 11.4 Å². The molecule has 1 aromatic heterocycles. The van der Waals surface area contributed by atoms with Crippen LogP contribution < -0.4 is 11.1 Å². The Kier molecular flexibility index (Phi) is 5.30. The fourth-order valence-electron chi connectivity index (χ4n) is 2.67. The number of nitrogens with one attached hydrogen (secondary N) is 1. The summed E-state index contributed by atoms with van der Waals surface area (Å²) in [6.45, 7) is 1.15. The Bertz CT molecular complexity index is 601. The predicted octanol–water partition coefficient (Wildman–Crippen LogP) is 2.37. The fourth-order valence-corrected chi connectivity index (χ4v) is 3.59. The van der Waals surface area contributed by atoms with Crippen LogP contribution in [0.5, 0.6) is 0 Å². The highest BCUT2D eigenvalue weighted by atomic mass is 32.1. The number of thiophene rings is 1. The fraction of sp³-hybridized carbons (Fsp3) is 0.571. The van der Waals surface area contributed by atoms with Crippen molar-refractivity contribution < 1.29 is 22.8 Å². The Labute approximate surface area is 135 Å². The van der Waals surface area contributed by atoms with Crippen LogP contribution in [0.4, 0.5) is 18.2 Å². The second-order valence-corrected chi connectivity index (χ2v) is 6.90. The zero-order valence-electron chi connectivity index (χ0n) is 12.6. The molecule has 0 aromatic carbocycles. The largest absolute Gasteiger partial charge is 0.401 e. The molecular weight excluding hydrogens is 331 g/mol. The van der Waals surface area contributed by atoms with E-state index >= 15 is 0 Å². The topological polar surface area (TPSA) is 75.4 Å². The van der Waals surface area contributed by atoms with Gasteiger partial charge in [0.15, 0.2) is 0 Å². The van der Waals surface area contributed by atoms with Gasteiger partial charge in [-0.3, -0.25) is 14.5 Å². The van der Waals surface area contributed by atoms with E-state index in [9.17, 15) is 22.8 Å². The molecule has 0 radical (unpaired) electrons. The summed E-state index contributed by atoms with van der Waals surface area (Å²) < 4.78 is 37.4. The molecule has 1 aliphatic rings. The van der Waals surface area contributed by atoms with Crippen molar-refractivity contribution in [1.29, 1.82) is 0 Å². The third-order valence-electron chi connectivity index (χ3n) is 3.64. The third-order valence-corrected chi connectivity index (χ3v) is 4.60. The number of amides is 2. The number of alkyl halides is 3. The average molecular weight is 349 g/mol. The van der Waals surface area contributed by atoms with E-state index in [1.165, 1.54) is 16.2 Å². The van der Waals surface area contributed by atoms with Gasteiger partial charge in [0.2, 0.25) is 5.91 Å². The van der Waals surface area contributed by atoms with Crippen LogP contribution in [0.15, 0.2) is 6.07 Å². The van der Waals surface area contributed by atoms with E-state index in [0.29, 0.717) is 24.4 Å². The molecule has 0 bridgehead atoms. The van der Waals surface area contributed by atoms with Gasteiger partial charge in [0.25, 0.3) is 5.91 Å². The number of carbonyl (C=O) groups is 2. The molecule has 0 saturated carbocycles. The molecule has 2 heterocycles. The van der Waals surface area contributed by atoms with Crippen LogP contribution in [0.2, 0.25) is 0 Å². The smallest absolute Gasteiger partial charge is 0.366 e. The second kappa shape index (κ2) is 6.88. The van der Waals surface area contributed by atoms with Crippen molar-refractivity contribution in [2.24, 2.45) is 11.7 Å². The van der Waals surface area contributed by atoms with E-state index in [0.717, 1.165) is 4.88 Å². The maximum Gasteiger partial charge on any atom is 0.401 e. The summed E-state index contributed by atoms with van der Waals surface area (Å²) >= 11 is 1.22. The number of nitrogens with zero attached hydrogens (tertiary/aromatic N) is 1. The van der Waals surface area contributed by atoms with Gasteiger partial charge in [0.05, 0.1) is 18.0 Å². The number of halogens is 3. The number of hydrogen-bond acceptors (Lipinski definition) is 4. The zero-order valence-corrected chi connectivity index (χ0v) is 13.4. The number of likely N-dealkylation sites (tertiary alicyclic amines) is 1. The van der Waals surface area contributed by atoms with Gasteiger partial charge in [-0.25, -0.2) is 0 Å². The van der Waals surface area contributed by atoms with Crippen LogP contribution in [0, 0.1) is 12.8 Å². The Balaban J connectivity index is 2.02. The monoisotopic (exact) mass is 349 g/mol. The summed E-state index contributed by atoms with van der Waals surface area (Å²) in [5, 5.41) is 2.99. The van der Waals surface area contributed by atoms with Crippen molar-refractivity contribution in [3.8, 4) is 0 Å². The number of anilines is 1. The highest BCUT2D eigenvalue weighted by Gasteiger charge is 2.34. The molecule has 1 fully saturated rings. The SMILES string of the molecule is Cc1cc(C(N)=O)c(NC(=O)[C@H]2CCCN(CC(F)(F)F)C2)s1. The zero-order chi connectivity index (χ0) is 17.2. The molecule has 3 N–H and O–H groups in total. The van der Waals surface area contributed by atoms with Crippen molar-refractivity contribution in [2.45, 2.75) is 25.9 Å². The number of carbonyl (C=O) groups excluding carboxylic acids is 2. The van der Waals surface area contributed by atoms with Gasteiger partial charge in [-0.15, -0.1) is 11.3 Å². The van der Waals surface area contributed by atoms with Crippen molar-refractivity contribution in [3.63, 3.8) is 0 Å². The minimum atomic E-state index is -4.28. The number of primary amides is 1. The van der Waals surface area contributed by atoms with Gasteiger partial charge in [-0.05, 0) is 32.4 Å². The Hall–Kier alpha value is -1.61. The lowest BCUT2D eigenvalue weighted by molar-refractivity contribution is -0.151. The van der Waals surface area contributed by atoms with E-state index in [-0.39, 0.29) is 18.0 Å². The van der Waals surface area contributed by atoms with Crippen LogP contribution in [-0.2, 0) is 4.79 Å². The molecule has 1 aromatic rings. The first-order valence-electron chi connectivity index (χ1n) is 7.16. The summed E-state index contributed by atoms with van der Waals surface area (Å²) in [5.74, 6) is -1.55. The number of piperidine rings is 1. The lowest BCUT2D eigenvalue weighted by Crippen LogP contribution is -2.44. The van der Waals surface area contributed by atoms with Crippen LogP contribution in [0.1, 0.15) is 28.1 Å². The summed E-state index contributed by atoms with van der Waals surface area (Å²) in [5.41, 5.74) is 5.48. The summed E-state index contributed by atoms with van der Waals surface area (Å²) in [4.78, 5) is 25.7. The van der Waals surface area contributed by atoms with E-state index in [1.54, 1.807) is 13.0 Å². The number of rotatable bonds is 4. The van der Waals surface area contributed by atoms with E-state index < -0.39 is 24.5 Å². The minimum absolute atomic E-state index is 0.0571. The molecule has 128 valence electrons. The summed E-state index contributed by atoms with van der Waals surface area (Å²) in [6.07, 6.45) is -3.22. The van der Waals surface area contributed by atoms with E-state index in [1.807, 2.05) is 0 Å². The maximum atomic E-state index is 12.5. The molecule has 23 heavy (non-hydrogen) atoms. The summed E-state index contributed by atoms with van der Waals surface area (Å²) in [7, 11) is 0. The van der Waals surface area contributed by atoms with Crippen molar-refractivity contribution in [2.75, 3.05) is 25.0 Å². The Morgan fingerprint density at radius 2 is 2.17 bits per heavy atom. The Morgan fingerprint density at radius 3 is 2.78 bits per heavy atom. The van der Waals surface area contributed by atoms with E-state index in [2.05, 4.69) is 5.32 Å². The van der Waals surface area contributed by atoms with Gasteiger partial charge in [0.1, 0.15) is 5.00 Å². The third kappa shape index (κ3) is 4.93. The first-order chi connectivity index (χ1) is 10.7. The van der Waals surface area contributed by atoms with Gasteiger partial charge in [-0.2, -0.15) is 13.2 Å². The molecular formula is C14H18F3N3O2S. The minimum Gasteiger partial charge on any atom is -0.366 e. The van der Waals surface area contributed by atoms with Gasteiger partial charge in [-0.1, -0.05) is 0 Å². The number of nitrogens with two attached hydrogens (primary N) is 1. The normalized spacial score (nSPS) is 19.6. The standard InChI is InChI=1S/C14H18F3N3O2S/c1-8-5-10(11(18)21)13(23-8)19-12(22)9-3-2-4-20(6-9)7-14(15,16)17/h5,9H,2-4,6-7H2,1H3,(H2,18,21)(H,19,22)/t9-/m0/s1. The summed E-state index contributed by atoms with van der Waals surface area (Å²) in [6, 6.07) is 1.58.